The predicted octanol–water partition coefficient (Wildman–Crippen LogP) is 1.63. The second-order valence-corrected chi connectivity index (χ2v) is 8.11. The first-order valence-electron chi connectivity index (χ1n) is 9.71. The van der Waals surface area contributed by atoms with Crippen molar-refractivity contribution in [2.24, 2.45) is 5.41 Å². The van der Waals surface area contributed by atoms with Crippen LogP contribution in [0.15, 0.2) is 56.7 Å². The van der Waals surface area contributed by atoms with Crippen molar-refractivity contribution in [2.75, 3.05) is 13.1 Å². The maximum atomic E-state index is 13.1. The third kappa shape index (κ3) is 3.33. The van der Waals surface area contributed by atoms with Crippen molar-refractivity contribution < 1.29 is 8.81 Å². The number of furan rings is 1. The lowest BCUT2D eigenvalue weighted by Crippen LogP contribution is -2.43. The van der Waals surface area contributed by atoms with Gasteiger partial charge in [0.2, 0.25) is 0 Å². The van der Waals surface area contributed by atoms with Crippen molar-refractivity contribution in [2.45, 2.75) is 32.5 Å². The fraction of sp³-hybridized carbons (Fsp3) is 0.381. The van der Waals surface area contributed by atoms with Crippen LogP contribution in [-0.2, 0) is 26.1 Å². The molecule has 0 saturated carbocycles. The predicted molar refractivity (Wildman–Crippen MR) is 103 cm³/mol. The molecule has 2 aliphatic rings. The van der Waals surface area contributed by atoms with E-state index in [0.29, 0.717) is 18.8 Å². The summed E-state index contributed by atoms with van der Waals surface area (Å²) in [5.41, 5.74) is -0.518. The molecule has 29 heavy (non-hydrogen) atoms. The fourth-order valence-corrected chi connectivity index (χ4v) is 4.53. The number of nitrogens with zero attached hydrogens (tertiary/aromatic N) is 4. The van der Waals surface area contributed by atoms with Gasteiger partial charge in [0.1, 0.15) is 17.4 Å². The van der Waals surface area contributed by atoms with Gasteiger partial charge in [-0.2, -0.15) is 5.10 Å². The summed E-state index contributed by atoms with van der Waals surface area (Å²) in [5.74, 6) is 1.23. The molecule has 0 N–H and O–H groups in total. The number of rotatable bonds is 4. The maximum absolute atomic E-state index is 13.1. The van der Waals surface area contributed by atoms with Crippen molar-refractivity contribution in [1.82, 2.24) is 19.2 Å². The summed E-state index contributed by atoms with van der Waals surface area (Å²) in [6.07, 6.45) is 3.29. The summed E-state index contributed by atoms with van der Waals surface area (Å²) in [5, 5.41) is 4.49. The highest BCUT2D eigenvalue weighted by atomic mass is 19.1. The average molecular weight is 396 g/mol. The molecule has 7 nitrogen and oxygen atoms in total. The maximum Gasteiger partial charge on any atom is 0.332 e. The van der Waals surface area contributed by atoms with Crippen LogP contribution in [0.1, 0.15) is 23.6 Å². The van der Waals surface area contributed by atoms with Gasteiger partial charge in [-0.1, -0.05) is 12.1 Å². The van der Waals surface area contributed by atoms with Gasteiger partial charge < -0.3 is 4.42 Å². The van der Waals surface area contributed by atoms with Crippen molar-refractivity contribution in [3.8, 4) is 0 Å². The lowest BCUT2D eigenvalue weighted by Gasteiger charge is -2.22. The Bertz CT molecular complexity index is 1150. The van der Waals surface area contributed by atoms with Crippen LogP contribution >= 0.6 is 0 Å². The first-order chi connectivity index (χ1) is 14.0. The Morgan fingerprint density at radius 2 is 1.90 bits per heavy atom. The smallest absolute Gasteiger partial charge is 0.332 e. The molecule has 8 heteroatoms. The summed E-state index contributed by atoms with van der Waals surface area (Å²) in [4.78, 5) is 27.6. The third-order valence-corrected chi connectivity index (χ3v) is 5.96. The van der Waals surface area contributed by atoms with E-state index >= 15 is 0 Å². The van der Waals surface area contributed by atoms with E-state index in [-0.39, 0.29) is 17.8 Å². The molecular weight excluding hydrogens is 375 g/mol. The van der Waals surface area contributed by atoms with Crippen LogP contribution in [0.4, 0.5) is 4.39 Å². The number of likely N-dealkylation sites (tertiary alicyclic amines) is 1. The normalized spacial score (nSPS) is 21.1. The molecule has 1 spiro atoms. The molecule has 1 atom stereocenters. The number of aromatic nitrogens is 3. The van der Waals surface area contributed by atoms with Crippen LogP contribution in [-0.4, -0.2) is 32.3 Å². The number of benzene rings is 1. The molecule has 1 saturated heterocycles. The zero-order valence-electron chi connectivity index (χ0n) is 15.9. The molecule has 0 unspecified atom stereocenters. The van der Waals surface area contributed by atoms with Crippen LogP contribution in [0.25, 0.3) is 0 Å². The van der Waals surface area contributed by atoms with E-state index in [9.17, 15) is 14.0 Å². The fourth-order valence-electron chi connectivity index (χ4n) is 4.53. The molecule has 2 aliphatic heterocycles. The van der Waals surface area contributed by atoms with Gasteiger partial charge >= 0.3 is 11.1 Å². The average Bonchev–Trinajstić information content (AvgIpc) is 3.43. The molecule has 0 radical (unpaired) electrons. The van der Waals surface area contributed by atoms with Gasteiger partial charge in [0.25, 0.3) is 0 Å². The van der Waals surface area contributed by atoms with Crippen molar-refractivity contribution in [3.05, 3.63) is 86.3 Å². The van der Waals surface area contributed by atoms with E-state index in [0.717, 1.165) is 37.4 Å². The van der Waals surface area contributed by atoms with E-state index in [1.54, 1.807) is 23.0 Å². The van der Waals surface area contributed by atoms with Gasteiger partial charge in [-0.15, -0.1) is 0 Å². The molecule has 0 amide bonds. The lowest BCUT2D eigenvalue weighted by molar-refractivity contribution is 0.234. The Balaban J connectivity index is 1.38. The molecule has 1 aromatic carbocycles. The highest BCUT2D eigenvalue weighted by molar-refractivity contribution is 5.16. The summed E-state index contributed by atoms with van der Waals surface area (Å²) in [6, 6.07) is 9.70. The minimum Gasteiger partial charge on any atom is -0.468 e. The minimum absolute atomic E-state index is 0.0761. The van der Waals surface area contributed by atoms with E-state index in [2.05, 4.69) is 10.00 Å². The van der Waals surface area contributed by atoms with Gasteiger partial charge in [-0.05, 0) is 42.8 Å². The second-order valence-electron chi connectivity index (χ2n) is 8.11. The van der Waals surface area contributed by atoms with E-state index < -0.39 is 11.1 Å². The molecule has 0 aliphatic carbocycles. The summed E-state index contributed by atoms with van der Waals surface area (Å²) in [7, 11) is 0. The van der Waals surface area contributed by atoms with E-state index in [1.807, 2.05) is 12.1 Å². The number of hydrogen-bond acceptors (Lipinski definition) is 5. The van der Waals surface area contributed by atoms with Gasteiger partial charge in [-0.3, -0.25) is 19.1 Å². The standard InChI is InChI=1S/C21H21FN4O3/c22-16-5-3-15(4-6-16)11-26-20(28)19(27)25-14-21(10-18(25)23-26)7-8-24(13-21)12-17-2-1-9-29-17/h1-6,9H,7-8,10-14H2/t21-/m0/s1. The Morgan fingerprint density at radius 1 is 1.07 bits per heavy atom. The molecular formula is C21H21FN4O3. The quantitative estimate of drug-likeness (QED) is 0.627. The van der Waals surface area contributed by atoms with E-state index in [4.69, 9.17) is 4.42 Å². The van der Waals surface area contributed by atoms with Crippen molar-refractivity contribution in [3.63, 3.8) is 0 Å². The topological polar surface area (TPSA) is 73.3 Å². The van der Waals surface area contributed by atoms with Crippen molar-refractivity contribution >= 4 is 0 Å². The van der Waals surface area contributed by atoms with Crippen LogP contribution in [0.2, 0.25) is 0 Å². The van der Waals surface area contributed by atoms with Crippen LogP contribution in [0.3, 0.4) is 0 Å². The molecule has 3 aromatic rings. The molecule has 5 rings (SSSR count). The number of hydrogen-bond donors (Lipinski definition) is 0. The van der Waals surface area contributed by atoms with Gasteiger partial charge in [0, 0.05) is 24.9 Å². The number of fused-ring (bicyclic) bond motifs is 1. The Labute approximate surface area is 166 Å². The molecule has 150 valence electrons. The Hall–Kier alpha value is -3.00. The largest absolute Gasteiger partial charge is 0.468 e. The second kappa shape index (κ2) is 6.81. The first kappa shape index (κ1) is 18.1. The van der Waals surface area contributed by atoms with Crippen LogP contribution in [0, 0.1) is 11.2 Å². The Kier molecular flexibility index (Phi) is 4.24. The highest BCUT2D eigenvalue weighted by Crippen LogP contribution is 2.39. The number of halogens is 1. The Morgan fingerprint density at radius 3 is 2.66 bits per heavy atom. The molecule has 2 aromatic heterocycles. The summed E-state index contributed by atoms with van der Waals surface area (Å²) in [6.45, 7) is 3.17. The molecule has 4 heterocycles. The monoisotopic (exact) mass is 396 g/mol. The summed E-state index contributed by atoms with van der Waals surface area (Å²) >= 11 is 0. The van der Waals surface area contributed by atoms with Crippen molar-refractivity contribution in [1.29, 1.82) is 0 Å². The molecule has 0 bridgehead atoms. The van der Waals surface area contributed by atoms with Gasteiger partial charge in [0.15, 0.2) is 0 Å². The SMILES string of the molecule is O=c1c(=O)n2c(nn1Cc1ccc(F)cc1)C[C@]1(CCN(Cc3ccco3)C1)C2. The van der Waals surface area contributed by atoms with Gasteiger partial charge in [-0.25, -0.2) is 9.07 Å². The van der Waals surface area contributed by atoms with E-state index in [1.165, 1.54) is 16.8 Å². The summed E-state index contributed by atoms with van der Waals surface area (Å²) < 4.78 is 21.3. The van der Waals surface area contributed by atoms with Crippen LogP contribution in [0.5, 0.6) is 0 Å². The zero-order valence-corrected chi connectivity index (χ0v) is 15.9. The molecule has 1 fully saturated rings. The zero-order chi connectivity index (χ0) is 20.0. The lowest BCUT2D eigenvalue weighted by atomic mass is 9.86. The third-order valence-electron chi connectivity index (χ3n) is 5.96. The minimum atomic E-state index is -0.638. The highest BCUT2D eigenvalue weighted by Gasteiger charge is 2.44. The first-order valence-corrected chi connectivity index (χ1v) is 9.71. The van der Waals surface area contributed by atoms with Crippen LogP contribution < -0.4 is 11.1 Å². The van der Waals surface area contributed by atoms with Gasteiger partial charge in [0.05, 0.1) is 19.4 Å².